The van der Waals surface area contributed by atoms with Crippen LogP contribution in [0.25, 0.3) is 0 Å². The van der Waals surface area contributed by atoms with Crippen LogP contribution in [-0.2, 0) is 9.47 Å². The molecule has 1 aromatic heterocycles. The minimum Gasteiger partial charge on any atom is -0.465 e. The molecule has 1 unspecified atom stereocenters. The summed E-state index contributed by atoms with van der Waals surface area (Å²) < 4.78 is 13.7. The third-order valence-corrected chi connectivity index (χ3v) is 4.36. The van der Waals surface area contributed by atoms with Crippen molar-refractivity contribution in [2.24, 2.45) is 0 Å². The van der Waals surface area contributed by atoms with Gasteiger partial charge < -0.3 is 19.9 Å². The third kappa shape index (κ3) is 4.18. The van der Waals surface area contributed by atoms with Crippen molar-refractivity contribution in [2.45, 2.75) is 37.7 Å². The Morgan fingerprint density at radius 1 is 1.40 bits per heavy atom. The fourth-order valence-corrected chi connectivity index (χ4v) is 3.31. The molecule has 134 valence electrons. The molecule has 1 aromatic carbocycles. The molecule has 7 nitrogen and oxygen atoms in total. The quantitative estimate of drug-likeness (QED) is 0.840. The topological polar surface area (TPSA) is 85.6 Å². The Kier molecular flexibility index (Phi) is 5.06. The van der Waals surface area contributed by atoms with Crippen molar-refractivity contribution in [3.8, 4) is 0 Å². The second-order valence-corrected chi connectivity index (χ2v) is 6.54. The van der Waals surface area contributed by atoms with Crippen LogP contribution in [0.2, 0.25) is 0 Å². The van der Waals surface area contributed by atoms with Crippen LogP contribution in [0.4, 0.5) is 4.79 Å². The van der Waals surface area contributed by atoms with E-state index < -0.39 is 11.9 Å². The van der Waals surface area contributed by atoms with Crippen molar-refractivity contribution in [3.63, 3.8) is 0 Å². The van der Waals surface area contributed by atoms with Crippen LogP contribution >= 0.6 is 0 Å². The molecule has 1 aliphatic rings. The zero-order valence-electron chi connectivity index (χ0n) is 14.3. The first kappa shape index (κ1) is 17.4. The van der Waals surface area contributed by atoms with E-state index in [-0.39, 0.29) is 24.6 Å². The molecule has 25 heavy (non-hydrogen) atoms. The van der Waals surface area contributed by atoms with E-state index in [1.807, 2.05) is 56.4 Å². The zero-order valence-corrected chi connectivity index (χ0v) is 14.3. The maximum Gasteiger partial charge on any atom is 0.404 e. The molecule has 1 aliphatic heterocycles. The van der Waals surface area contributed by atoms with Crippen LogP contribution in [0, 0.1) is 0 Å². The van der Waals surface area contributed by atoms with E-state index >= 15 is 0 Å². The summed E-state index contributed by atoms with van der Waals surface area (Å²) in [6.07, 6.45) is 2.26. The number of carboxylic acid groups (broad SMARTS) is 1. The van der Waals surface area contributed by atoms with Crippen molar-refractivity contribution in [2.75, 3.05) is 13.2 Å². The van der Waals surface area contributed by atoms with E-state index in [9.17, 15) is 4.79 Å². The summed E-state index contributed by atoms with van der Waals surface area (Å²) in [5, 5.41) is 15.9. The number of aromatic nitrogens is 2. The number of nitrogens with one attached hydrogen (secondary N) is 1. The summed E-state index contributed by atoms with van der Waals surface area (Å²) in [4.78, 5) is 11.1. The van der Waals surface area contributed by atoms with Gasteiger partial charge in [0.15, 0.2) is 5.79 Å². The Bertz CT molecular complexity index is 688. The normalized spacial score (nSPS) is 21.6. The monoisotopic (exact) mass is 345 g/mol. The van der Waals surface area contributed by atoms with E-state index in [2.05, 4.69) is 10.4 Å². The predicted octanol–water partition coefficient (Wildman–Crippen LogP) is 2.63. The maximum atomic E-state index is 11.1. The van der Waals surface area contributed by atoms with Gasteiger partial charge in [0.05, 0.1) is 18.8 Å². The van der Waals surface area contributed by atoms with Gasteiger partial charge in [-0.15, -0.1) is 0 Å². The molecule has 2 aromatic rings. The average molecular weight is 345 g/mol. The lowest BCUT2D eigenvalue weighted by Crippen LogP contribution is -2.38. The van der Waals surface area contributed by atoms with Crippen LogP contribution in [0.3, 0.4) is 0 Å². The Balaban J connectivity index is 1.96. The molecular formula is C18H23N3O4. The van der Waals surface area contributed by atoms with Crippen LogP contribution in [0.15, 0.2) is 48.8 Å². The molecule has 2 N–H and O–H groups in total. The molecular weight excluding hydrogens is 322 g/mol. The van der Waals surface area contributed by atoms with Crippen molar-refractivity contribution in [3.05, 3.63) is 54.4 Å². The number of benzene rings is 1. The Labute approximate surface area is 146 Å². The highest BCUT2D eigenvalue weighted by Gasteiger charge is 2.42. The molecule has 1 amide bonds. The number of hydrogen-bond acceptors (Lipinski definition) is 4. The molecule has 0 spiro atoms. The summed E-state index contributed by atoms with van der Waals surface area (Å²) in [5.74, 6) is -0.776. The predicted molar refractivity (Wildman–Crippen MR) is 91.4 cm³/mol. The molecule has 2 heterocycles. The van der Waals surface area contributed by atoms with Crippen molar-refractivity contribution in [1.82, 2.24) is 15.1 Å². The largest absolute Gasteiger partial charge is 0.465 e. The molecule has 0 bridgehead atoms. The highest BCUT2D eigenvalue weighted by Crippen LogP contribution is 2.38. The number of ether oxygens (including phenoxy) is 2. The van der Waals surface area contributed by atoms with Gasteiger partial charge in [-0.2, -0.15) is 5.10 Å². The number of nitrogens with zero attached hydrogens (tertiary/aromatic N) is 2. The standard InChI is InChI=1S/C18H23N3O4/c1-18(2)24-12-15(25-18)16(13-7-4-3-5-8-13)14(11-19-17(22)23)21-10-6-9-20-21/h3-10,14-16,19H,11-12H2,1-2H3,(H,22,23)/t14?,15-,16-/m1/s1. The first-order chi connectivity index (χ1) is 12.0. The van der Waals surface area contributed by atoms with Gasteiger partial charge in [-0.05, 0) is 25.5 Å². The SMILES string of the molecule is CC1(C)OC[C@H]([C@H](c2ccccc2)C(CNC(=O)O)n2cccn2)O1. The second kappa shape index (κ2) is 7.25. The fourth-order valence-electron chi connectivity index (χ4n) is 3.31. The number of rotatable bonds is 6. The minimum atomic E-state index is -1.06. The van der Waals surface area contributed by atoms with Crippen LogP contribution in [0.1, 0.15) is 31.4 Å². The van der Waals surface area contributed by atoms with Gasteiger partial charge in [-0.25, -0.2) is 4.79 Å². The maximum absolute atomic E-state index is 11.1. The van der Waals surface area contributed by atoms with Gasteiger partial charge in [0, 0.05) is 24.9 Å². The molecule has 7 heteroatoms. The van der Waals surface area contributed by atoms with Gasteiger partial charge >= 0.3 is 6.09 Å². The molecule has 0 saturated carbocycles. The number of amides is 1. The van der Waals surface area contributed by atoms with Crippen molar-refractivity contribution >= 4 is 6.09 Å². The summed E-state index contributed by atoms with van der Waals surface area (Å²) in [7, 11) is 0. The van der Waals surface area contributed by atoms with Gasteiger partial charge in [0.1, 0.15) is 0 Å². The van der Waals surface area contributed by atoms with E-state index in [4.69, 9.17) is 14.6 Å². The lowest BCUT2D eigenvalue weighted by Gasteiger charge is -2.32. The second-order valence-electron chi connectivity index (χ2n) is 6.54. The van der Waals surface area contributed by atoms with Gasteiger partial charge in [0.2, 0.25) is 0 Å². The number of carbonyl (C=O) groups is 1. The van der Waals surface area contributed by atoms with E-state index in [0.717, 1.165) is 5.56 Å². The lowest BCUT2D eigenvalue weighted by atomic mass is 9.86. The molecule has 3 atom stereocenters. The van der Waals surface area contributed by atoms with Crippen LogP contribution in [0.5, 0.6) is 0 Å². The number of hydrogen-bond donors (Lipinski definition) is 2. The molecule has 1 fully saturated rings. The van der Waals surface area contributed by atoms with Crippen molar-refractivity contribution < 1.29 is 19.4 Å². The average Bonchev–Trinajstić information content (AvgIpc) is 3.21. The van der Waals surface area contributed by atoms with Crippen LogP contribution in [-0.4, -0.2) is 46.0 Å². The fraction of sp³-hybridized carbons (Fsp3) is 0.444. The van der Waals surface area contributed by atoms with Gasteiger partial charge in [-0.3, -0.25) is 4.68 Å². The van der Waals surface area contributed by atoms with Gasteiger partial charge in [0.25, 0.3) is 0 Å². The smallest absolute Gasteiger partial charge is 0.404 e. The van der Waals surface area contributed by atoms with E-state index in [1.165, 1.54) is 0 Å². The minimum absolute atomic E-state index is 0.116. The van der Waals surface area contributed by atoms with Crippen LogP contribution < -0.4 is 5.32 Å². The highest BCUT2D eigenvalue weighted by atomic mass is 16.7. The van der Waals surface area contributed by atoms with E-state index in [1.54, 1.807) is 10.9 Å². The first-order valence-electron chi connectivity index (χ1n) is 8.29. The molecule has 3 rings (SSSR count). The summed E-state index contributed by atoms with van der Waals surface area (Å²) in [6.45, 7) is 4.43. The summed E-state index contributed by atoms with van der Waals surface area (Å²) in [6, 6.07) is 11.5. The summed E-state index contributed by atoms with van der Waals surface area (Å²) >= 11 is 0. The Morgan fingerprint density at radius 2 is 2.16 bits per heavy atom. The Hall–Kier alpha value is -2.38. The third-order valence-electron chi connectivity index (χ3n) is 4.36. The first-order valence-corrected chi connectivity index (χ1v) is 8.29. The molecule has 0 radical (unpaired) electrons. The molecule has 1 saturated heterocycles. The van der Waals surface area contributed by atoms with Gasteiger partial charge in [-0.1, -0.05) is 30.3 Å². The zero-order chi connectivity index (χ0) is 17.9. The highest BCUT2D eigenvalue weighted by molar-refractivity contribution is 5.64. The van der Waals surface area contributed by atoms with E-state index in [0.29, 0.717) is 6.61 Å². The van der Waals surface area contributed by atoms with Crippen molar-refractivity contribution in [1.29, 1.82) is 0 Å². The molecule has 0 aliphatic carbocycles. The lowest BCUT2D eigenvalue weighted by molar-refractivity contribution is -0.142. The Morgan fingerprint density at radius 3 is 2.72 bits per heavy atom. The summed E-state index contributed by atoms with van der Waals surface area (Å²) in [5.41, 5.74) is 1.06.